The van der Waals surface area contributed by atoms with Crippen LogP contribution in [0.2, 0.25) is 0 Å². The minimum atomic E-state index is -0.120. The summed E-state index contributed by atoms with van der Waals surface area (Å²) in [5, 5.41) is 21.5. The Morgan fingerprint density at radius 1 is 1.35 bits per heavy atom. The number of aromatic nitrogens is 2. The Morgan fingerprint density at radius 2 is 2.23 bits per heavy atom. The predicted molar refractivity (Wildman–Crippen MR) is 119 cm³/mol. The van der Waals surface area contributed by atoms with Crippen molar-refractivity contribution in [3.8, 4) is 11.8 Å². The average molecular weight is 455 g/mol. The number of thioether (sulfide) groups is 1. The van der Waals surface area contributed by atoms with Gasteiger partial charge in [0.2, 0.25) is 5.91 Å². The molecule has 1 amide bonds. The fraction of sp³-hybridized carbons (Fsp3) is 0.364. The molecule has 0 fully saturated rings. The van der Waals surface area contributed by atoms with Gasteiger partial charge in [0.05, 0.1) is 5.56 Å². The molecule has 0 bridgehead atoms. The zero-order chi connectivity index (χ0) is 21.6. The first-order valence-corrected chi connectivity index (χ1v) is 11.9. The number of aryl methyl sites for hydroxylation is 2. The Hall–Kier alpha value is -2.83. The van der Waals surface area contributed by atoms with Gasteiger partial charge in [-0.15, -0.1) is 21.5 Å². The van der Waals surface area contributed by atoms with Crippen LogP contribution in [0.15, 0.2) is 33.9 Å². The van der Waals surface area contributed by atoms with Gasteiger partial charge in [-0.3, -0.25) is 4.79 Å². The van der Waals surface area contributed by atoms with Crippen LogP contribution in [-0.2, 0) is 24.2 Å². The maximum atomic E-state index is 12.4. The number of carbonyl (C=O) groups is 1. The van der Waals surface area contributed by atoms with E-state index in [0.717, 1.165) is 42.6 Å². The van der Waals surface area contributed by atoms with Crippen LogP contribution in [0.5, 0.6) is 5.75 Å². The third-order valence-corrected chi connectivity index (χ3v) is 6.92. The van der Waals surface area contributed by atoms with E-state index in [0.29, 0.717) is 27.4 Å². The Labute approximate surface area is 188 Å². The number of fused-ring (bicyclic) bond motifs is 1. The van der Waals surface area contributed by atoms with Crippen LogP contribution in [0.25, 0.3) is 0 Å². The van der Waals surface area contributed by atoms with E-state index in [1.807, 2.05) is 31.2 Å². The second kappa shape index (κ2) is 9.98. The van der Waals surface area contributed by atoms with Crippen molar-refractivity contribution in [1.82, 2.24) is 10.2 Å². The van der Waals surface area contributed by atoms with Crippen LogP contribution in [-0.4, -0.2) is 21.9 Å². The molecule has 9 heteroatoms. The molecule has 3 aromatic rings. The van der Waals surface area contributed by atoms with Crippen molar-refractivity contribution in [3.05, 3.63) is 51.7 Å². The summed E-state index contributed by atoms with van der Waals surface area (Å²) >= 11 is 2.86. The number of hydrogen-bond acceptors (Lipinski definition) is 8. The van der Waals surface area contributed by atoms with Gasteiger partial charge in [-0.2, -0.15) is 5.26 Å². The first-order valence-electron chi connectivity index (χ1n) is 10.1. The lowest BCUT2D eigenvalue weighted by molar-refractivity contribution is -0.115. The van der Waals surface area contributed by atoms with E-state index in [1.165, 1.54) is 28.0 Å². The molecule has 0 saturated carbocycles. The smallest absolute Gasteiger partial charge is 0.276 e. The lowest BCUT2D eigenvalue weighted by Gasteiger charge is -2.09. The van der Waals surface area contributed by atoms with Crippen molar-refractivity contribution in [1.29, 1.82) is 5.26 Å². The molecule has 1 aromatic carbocycles. The van der Waals surface area contributed by atoms with E-state index in [2.05, 4.69) is 21.6 Å². The van der Waals surface area contributed by atoms with Crippen LogP contribution in [0.1, 0.15) is 46.7 Å². The quantitative estimate of drug-likeness (QED) is 0.484. The maximum absolute atomic E-state index is 12.4. The van der Waals surface area contributed by atoms with E-state index < -0.39 is 0 Å². The Balaban J connectivity index is 1.24. The second-order valence-corrected chi connectivity index (χ2v) is 9.39. The van der Waals surface area contributed by atoms with Crippen LogP contribution >= 0.6 is 23.1 Å². The van der Waals surface area contributed by atoms with Crippen LogP contribution < -0.4 is 10.1 Å². The molecular formula is C22H22N4O3S2. The van der Waals surface area contributed by atoms with Crippen LogP contribution in [0.4, 0.5) is 5.00 Å². The first kappa shape index (κ1) is 21.4. The summed E-state index contributed by atoms with van der Waals surface area (Å²) in [5.74, 6) is 1.51. The van der Waals surface area contributed by atoms with Crippen molar-refractivity contribution in [2.45, 2.75) is 50.9 Å². The van der Waals surface area contributed by atoms with E-state index in [4.69, 9.17) is 9.15 Å². The van der Waals surface area contributed by atoms with Gasteiger partial charge in [-0.25, -0.2) is 0 Å². The number of nitrogens with zero attached hydrogens (tertiary/aromatic N) is 3. The highest BCUT2D eigenvalue weighted by Gasteiger charge is 2.21. The van der Waals surface area contributed by atoms with Gasteiger partial charge < -0.3 is 14.5 Å². The van der Waals surface area contributed by atoms with E-state index in [-0.39, 0.29) is 18.9 Å². The SMILES string of the molecule is Cc1cccc(OCc2nnc(SCCC(=O)Nc3sc4c(c3C#N)CCCC4)o2)c1. The number of anilines is 1. The minimum Gasteiger partial charge on any atom is -0.484 e. The Kier molecular flexibility index (Phi) is 6.89. The molecular weight excluding hydrogens is 432 g/mol. The molecule has 7 nitrogen and oxygen atoms in total. The third-order valence-electron chi connectivity index (χ3n) is 4.89. The van der Waals surface area contributed by atoms with Gasteiger partial charge in [-0.1, -0.05) is 23.9 Å². The van der Waals surface area contributed by atoms with E-state index in [9.17, 15) is 10.1 Å². The number of nitrogens with one attached hydrogen (secondary N) is 1. The van der Waals surface area contributed by atoms with Gasteiger partial charge in [0, 0.05) is 17.1 Å². The highest BCUT2D eigenvalue weighted by molar-refractivity contribution is 7.99. The standard InChI is InChI=1S/C22H22N4O3S2/c1-14-5-4-6-15(11-14)28-13-20-25-26-22(29-20)30-10-9-19(27)24-21-17(12-23)16-7-2-3-8-18(16)31-21/h4-6,11H,2-3,7-10,13H2,1H3,(H,24,27). The highest BCUT2D eigenvalue weighted by atomic mass is 32.2. The molecule has 0 aliphatic heterocycles. The number of amides is 1. The fourth-order valence-corrected chi connectivity index (χ4v) is 5.37. The summed E-state index contributed by atoms with van der Waals surface area (Å²) in [6, 6.07) is 10.0. The number of benzene rings is 1. The van der Waals surface area contributed by atoms with Crippen LogP contribution in [0, 0.1) is 18.3 Å². The average Bonchev–Trinajstić information content (AvgIpc) is 3.36. The lowest BCUT2D eigenvalue weighted by atomic mass is 9.96. The summed E-state index contributed by atoms with van der Waals surface area (Å²) in [5.41, 5.74) is 2.87. The molecule has 2 aromatic heterocycles. The number of ether oxygens (including phenoxy) is 1. The molecule has 0 spiro atoms. The van der Waals surface area contributed by atoms with Gasteiger partial charge in [0.1, 0.15) is 16.8 Å². The monoisotopic (exact) mass is 454 g/mol. The van der Waals surface area contributed by atoms with Crippen molar-refractivity contribution in [3.63, 3.8) is 0 Å². The summed E-state index contributed by atoms with van der Waals surface area (Å²) in [7, 11) is 0. The Morgan fingerprint density at radius 3 is 3.06 bits per heavy atom. The maximum Gasteiger partial charge on any atom is 0.276 e. The normalized spacial score (nSPS) is 12.8. The van der Waals surface area contributed by atoms with E-state index in [1.54, 1.807) is 0 Å². The molecule has 1 aliphatic carbocycles. The number of thiophene rings is 1. The Bertz CT molecular complexity index is 1120. The molecule has 0 radical (unpaired) electrons. The molecule has 1 aliphatic rings. The minimum absolute atomic E-state index is 0.120. The summed E-state index contributed by atoms with van der Waals surface area (Å²) in [6.07, 6.45) is 4.45. The highest BCUT2D eigenvalue weighted by Crippen LogP contribution is 2.37. The van der Waals surface area contributed by atoms with Gasteiger partial charge in [-0.05, 0) is 55.9 Å². The van der Waals surface area contributed by atoms with Gasteiger partial charge in [0.15, 0.2) is 6.61 Å². The van der Waals surface area contributed by atoms with Crippen molar-refractivity contribution in [2.75, 3.05) is 11.1 Å². The summed E-state index contributed by atoms with van der Waals surface area (Å²) in [4.78, 5) is 13.6. The fourth-order valence-electron chi connectivity index (χ4n) is 3.40. The zero-order valence-corrected chi connectivity index (χ0v) is 18.8. The topological polar surface area (TPSA) is 101 Å². The number of rotatable bonds is 8. The molecule has 1 N–H and O–H groups in total. The summed E-state index contributed by atoms with van der Waals surface area (Å²) < 4.78 is 11.2. The van der Waals surface area contributed by atoms with Crippen molar-refractivity contribution in [2.24, 2.45) is 0 Å². The molecule has 160 valence electrons. The number of hydrogen-bond donors (Lipinski definition) is 1. The third kappa shape index (κ3) is 5.46. The van der Waals surface area contributed by atoms with E-state index >= 15 is 0 Å². The van der Waals surface area contributed by atoms with Crippen LogP contribution in [0.3, 0.4) is 0 Å². The molecule has 2 heterocycles. The number of carbonyl (C=O) groups excluding carboxylic acids is 1. The largest absolute Gasteiger partial charge is 0.484 e. The second-order valence-electron chi connectivity index (χ2n) is 7.24. The van der Waals surface area contributed by atoms with Crippen molar-refractivity contribution < 1.29 is 13.9 Å². The molecule has 0 atom stereocenters. The van der Waals surface area contributed by atoms with Gasteiger partial charge in [0.25, 0.3) is 11.1 Å². The number of nitriles is 1. The predicted octanol–water partition coefficient (Wildman–Crippen LogP) is 4.89. The molecule has 31 heavy (non-hydrogen) atoms. The molecule has 4 rings (SSSR count). The zero-order valence-electron chi connectivity index (χ0n) is 17.1. The molecule has 0 unspecified atom stereocenters. The lowest BCUT2D eigenvalue weighted by Crippen LogP contribution is -2.12. The summed E-state index contributed by atoms with van der Waals surface area (Å²) in [6.45, 7) is 2.19. The molecule has 0 saturated heterocycles. The van der Waals surface area contributed by atoms with Crippen molar-refractivity contribution >= 4 is 34.0 Å². The first-order chi connectivity index (χ1) is 15.1. The van der Waals surface area contributed by atoms with Gasteiger partial charge >= 0.3 is 0 Å².